The Morgan fingerprint density at radius 3 is 2.48 bits per heavy atom. The molecule has 178 valence electrons. The van der Waals surface area contributed by atoms with Gasteiger partial charge in [-0.2, -0.15) is 0 Å². The van der Waals surface area contributed by atoms with Crippen molar-refractivity contribution in [3.63, 3.8) is 0 Å². The smallest absolute Gasteiger partial charge is 0.343 e. The molecule has 0 aliphatic rings. The SMILES string of the molecule is COC(=O)/C=C\CN(CC(O)c1cccc(Cl)c1)C(C)Cc1ccc(OCC(=O)OC)cc1. The van der Waals surface area contributed by atoms with Gasteiger partial charge in [0.15, 0.2) is 6.61 Å². The minimum atomic E-state index is -0.744. The maximum absolute atomic E-state index is 11.4. The molecule has 0 aromatic heterocycles. The minimum absolute atomic E-state index is 0.0444. The number of benzene rings is 2. The molecule has 2 atom stereocenters. The quantitative estimate of drug-likeness (QED) is 0.371. The number of rotatable bonds is 12. The van der Waals surface area contributed by atoms with E-state index in [1.54, 1.807) is 36.4 Å². The number of ether oxygens (including phenoxy) is 3. The van der Waals surface area contributed by atoms with Crippen LogP contribution < -0.4 is 4.74 Å². The lowest BCUT2D eigenvalue weighted by atomic mass is 10.0. The van der Waals surface area contributed by atoms with Gasteiger partial charge in [0, 0.05) is 30.2 Å². The predicted molar refractivity (Wildman–Crippen MR) is 126 cm³/mol. The topological polar surface area (TPSA) is 85.3 Å². The average molecular weight is 476 g/mol. The monoisotopic (exact) mass is 475 g/mol. The van der Waals surface area contributed by atoms with Crippen LogP contribution in [0, 0.1) is 0 Å². The lowest BCUT2D eigenvalue weighted by Gasteiger charge is -2.30. The standard InChI is InChI=1S/C25H30ClNO6/c1-18(14-19-9-11-22(12-10-19)33-17-25(30)32-3)27(13-5-8-24(29)31-2)16-23(28)20-6-4-7-21(26)15-20/h4-12,15,18,23,28H,13-14,16-17H2,1-3H3/b8-5-. The zero-order valence-electron chi connectivity index (χ0n) is 19.1. The molecule has 0 fully saturated rings. The van der Waals surface area contributed by atoms with Gasteiger partial charge in [-0.15, -0.1) is 0 Å². The highest BCUT2D eigenvalue weighted by Crippen LogP contribution is 2.21. The maximum Gasteiger partial charge on any atom is 0.343 e. The summed E-state index contributed by atoms with van der Waals surface area (Å²) >= 11 is 6.07. The summed E-state index contributed by atoms with van der Waals surface area (Å²) in [7, 11) is 2.64. The normalized spacial score (nSPS) is 13.0. The fourth-order valence-corrected chi connectivity index (χ4v) is 3.42. The van der Waals surface area contributed by atoms with Crippen molar-refractivity contribution < 1.29 is 28.9 Å². The van der Waals surface area contributed by atoms with Crippen LogP contribution in [0.1, 0.15) is 24.2 Å². The van der Waals surface area contributed by atoms with E-state index in [2.05, 4.69) is 21.3 Å². The molecule has 0 aliphatic carbocycles. The summed E-state index contributed by atoms with van der Waals surface area (Å²) in [6, 6.07) is 14.6. The molecule has 0 saturated heterocycles. The van der Waals surface area contributed by atoms with Gasteiger partial charge in [-0.3, -0.25) is 4.90 Å². The van der Waals surface area contributed by atoms with Crippen molar-refractivity contribution in [3.8, 4) is 5.75 Å². The highest BCUT2D eigenvalue weighted by molar-refractivity contribution is 6.30. The molecule has 8 heteroatoms. The Morgan fingerprint density at radius 1 is 1.12 bits per heavy atom. The molecule has 0 saturated carbocycles. The molecule has 7 nitrogen and oxygen atoms in total. The first-order chi connectivity index (χ1) is 15.8. The van der Waals surface area contributed by atoms with Crippen LogP contribution in [-0.2, 0) is 25.5 Å². The fraction of sp³-hybridized carbons (Fsp3) is 0.360. The summed E-state index contributed by atoms with van der Waals surface area (Å²) in [4.78, 5) is 24.7. The van der Waals surface area contributed by atoms with Gasteiger partial charge < -0.3 is 19.3 Å². The number of hydrogen-bond donors (Lipinski definition) is 1. The Bertz CT molecular complexity index is 931. The molecule has 2 aromatic rings. The molecule has 1 N–H and O–H groups in total. The number of hydrogen-bond acceptors (Lipinski definition) is 7. The van der Waals surface area contributed by atoms with Crippen LogP contribution in [0.25, 0.3) is 0 Å². The van der Waals surface area contributed by atoms with E-state index in [0.717, 1.165) is 11.1 Å². The van der Waals surface area contributed by atoms with E-state index in [9.17, 15) is 14.7 Å². The van der Waals surface area contributed by atoms with Crippen LogP contribution >= 0.6 is 11.6 Å². The van der Waals surface area contributed by atoms with E-state index >= 15 is 0 Å². The second-order valence-corrected chi connectivity index (χ2v) is 7.95. The van der Waals surface area contributed by atoms with E-state index in [-0.39, 0.29) is 12.6 Å². The fourth-order valence-electron chi connectivity index (χ4n) is 3.22. The molecular weight excluding hydrogens is 446 g/mol. The summed E-state index contributed by atoms with van der Waals surface area (Å²) in [6.07, 6.45) is 3.05. The number of carbonyl (C=O) groups is 2. The van der Waals surface area contributed by atoms with Crippen molar-refractivity contribution in [2.45, 2.75) is 25.5 Å². The van der Waals surface area contributed by atoms with Crippen LogP contribution in [0.5, 0.6) is 5.75 Å². The van der Waals surface area contributed by atoms with Crippen molar-refractivity contribution in [3.05, 3.63) is 76.8 Å². The van der Waals surface area contributed by atoms with E-state index in [4.69, 9.17) is 16.3 Å². The summed E-state index contributed by atoms with van der Waals surface area (Å²) in [5, 5.41) is 11.3. The lowest BCUT2D eigenvalue weighted by Crippen LogP contribution is -2.38. The van der Waals surface area contributed by atoms with Gasteiger partial charge >= 0.3 is 11.9 Å². The van der Waals surface area contributed by atoms with E-state index in [0.29, 0.717) is 30.3 Å². The Morgan fingerprint density at radius 2 is 1.85 bits per heavy atom. The van der Waals surface area contributed by atoms with Crippen LogP contribution in [0.4, 0.5) is 0 Å². The molecule has 0 aliphatic heterocycles. The van der Waals surface area contributed by atoms with Crippen LogP contribution in [0.3, 0.4) is 0 Å². The van der Waals surface area contributed by atoms with Gasteiger partial charge in [-0.25, -0.2) is 9.59 Å². The molecular formula is C25H30ClNO6. The minimum Gasteiger partial charge on any atom is -0.482 e. The Labute approximate surface area is 199 Å². The first-order valence-corrected chi connectivity index (χ1v) is 10.9. The molecule has 0 spiro atoms. The maximum atomic E-state index is 11.4. The lowest BCUT2D eigenvalue weighted by molar-refractivity contribution is -0.143. The second-order valence-electron chi connectivity index (χ2n) is 7.51. The average Bonchev–Trinajstić information content (AvgIpc) is 2.82. The highest BCUT2D eigenvalue weighted by atomic mass is 35.5. The Kier molecular flexibility index (Phi) is 10.9. The first kappa shape index (κ1) is 26.4. The third-order valence-electron chi connectivity index (χ3n) is 5.10. The number of esters is 2. The number of methoxy groups -OCH3 is 2. The Balaban J connectivity index is 2.06. The number of halogens is 1. The van der Waals surface area contributed by atoms with Gasteiger partial charge in [0.2, 0.25) is 0 Å². The van der Waals surface area contributed by atoms with Crippen molar-refractivity contribution >= 4 is 23.5 Å². The van der Waals surface area contributed by atoms with E-state index in [1.165, 1.54) is 20.3 Å². The van der Waals surface area contributed by atoms with E-state index < -0.39 is 18.0 Å². The number of aliphatic hydroxyl groups excluding tert-OH is 1. The molecule has 2 rings (SSSR count). The largest absolute Gasteiger partial charge is 0.482 e. The molecule has 33 heavy (non-hydrogen) atoms. The molecule has 0 amide bonds. The molecule has 0 radical (unpaired) electrons. The first-order valence-electron chi connectivity index (χ1n) is 10.5. The van der Waals surface area contributed by atoms with Crippen LogP contribution in [-0.4, -0.2) is 61.9 Å². The van der Waals surface area contributed by atoms with E-state index in [1.807, 2.05) is 18.2 Å². The summed E-state index contributed by atoms with van der Waals surface area (Å²) in [5.74, 6) is -0.298. The van der Waals surface area contributed by atoms with Crippen molar-refractivity contribution in [1.82, 2.24) is 4.90 Å². The third-order valence-corrected chi connectivity index (χ3v) is 5.33. The molecule has 2 unspecified atom stereocenters. The second kappa shape index (κ2) is 13.6. The van der Waals surface area contributed by atoms with Crippen molar-refractivity contribution in [2.24, 2.45) is 0 Å². The third kappa shape index (κ3) is 9.26. The number of nitrogens with zero attached hydrogens (tertiary/aromatic N) is 1. The zero-order valence-corrected chi connectivity index (χ0v) is 19.8. The summed E-state index contributed by atoms with van der Waals surface area (Å²) in [6.45, 7) is 2.72. The van der Waals surface area contributed by atoms with Gasteiger partial charge in [-0.05, 0) is 48.7 Å². The molecule has 0 heterocycles. The molecule has 2 aromatic carbocycles. The van der Waals surface area contributed by atoms with Crippen LogP contribution in [0.2, 0.25) is 5.02 Å². The van der Waals surface area contributed by atoms with Gasteiger partial charge in [-0.1, -0.05) is 41.9 Å². The van der Waals surface area contributed by atoms with Crippen molar-refractivity contribution in [2.75, 3.05) is 33.9 Å². The molecule has 0 bridgehead atoms. The van der Waals surface area contributed by atoms with Gasteiger partial charge in [0.25, 0.3) is 0 Å². The predicted octanol–water partition coefficient (Wildman–Crippen LogP) is 3.59. The van der Waals surface area contributed by atoms with Crippen LogP contribution in [0.15, 0.2) is 60.7 Å². The van der Waals surface area contributed by atoms with Crippen molar-refractivity contribution in [1.29, 1.82) is 0 Å². The highest BCUT2D eigenvalue weighted by Gasteiger charge is 2.19. The van der Waals surface area contributed by atoms with Gasteiger partial charge in [0.05, 0.1) is 20.3 Å². The number of aliphatic hydroxyl groups is 1. The van der Waals surface area contributed by atoms with Gasteiger partial charge in [0.1, 0.15) is 5.75 Å². The Hall–Kier alpha value is -2.87. The zero-order chi connectivity index (χ0) is 24.2. The number of carbonyl (C=O) groups excluding carboxylic acids is 2. The summed E-state index contributed by atoms with van der Waals surface area (Å²) in [5.41, 5.74) is 1.79. The summed E-state index contributed by atoms with van der Waals surface area (Å²) < 4.78 is 14.6.